The molecule has 1 saturated heterocycles. The van der Waals surface area contributed by atoms with Crippen molar-refractivity contribution in [3.63, 3.8) is 0 Å². The van der Waals surface area contributed by atoms with Crippen molar-refractivity contribution in [3.8, 4) is 0 Å². The van der Waals surface area contributed by atoms with Crippen LogP contribution in [0.4, 0.5) is 0 Å². The molecule has 0 bridgehead atoms. The van der Waals surface area contributed by atoms with E-state index in [0.717, 1.165) is 12.8 Å². The minimum absolute atomic E-state index is 0.00938. The third-order valence-electron chi connectivity index (χ3n) is 13.4. The Morgan fingerprint density at radius 2 is 1.65 bits per heavy atom. The maximum absolute atomic E-state index is 12.1. The third-order valence-corrected chi connectivity index (χ3v) is 13.4. The predicted octanol–water partition coefficient (Wildman–Crippen LogP) is 5.31. The first-order valence-electron chi connectivity index (χ1n) is 14.1. The lowest BCUT2D eigenvalue weighted by Crippen LogP contribution is -2.59. The van der Waals surface area contributed by atoms with Crippen LogP contribution in [0.25, 0.3) is 0 Å². The number of ketones is 1. The van der Waals surface area contributed by atoms with E-state index in [9.17, 15) is 15.0 Å². The quantitative estimate of drug-likeness (QED) is 0.537. The lowest BCUT2D eigenvalue weighted by atomic mass is 9.41. The number of ether oxygens (including phenoxy) is 1. The first-order chi connectivity index (χ1) is 15.8. The van der Waals surface area contributed by atoms with Gasteiger partial charge in [-0.1, -0.05) is 40.7 Å². The van der Waals surface area contributed by atoms with E-state index in [2.05, 4.69) is 34.6 Å². The van der Waals surface area contributed by atoms with E-state index in [1.165, 1.54) is 38.5 Å². The molecule has 2 unspecified atom stereocenters. The maximum atomic E-state index is 12.1. The van der Waals surface area contributed by atoms with Gasteiger partial charge in [0.1, 0.15) is 0 Å². The van der Waals surface area contributed by atoms with Crippen molar-refractivity contribution < 1.29 is 19.7 Å². The number of allylic oxidation sites excluding steroid dienone is 1. The molecule has 5 saturated carbocycles. The Bertz CT molecular complexity index is 925. The SMILES string of the molecule is CC(=O)/C=C/[C@H]1C[C@@H](C)C2C(O1)[C@H](O)[C@@]1(C)[C@@H]3CC[C@H]4C(C)(C)[C@@H](O)CC[C@@]45C[C@@]35CC[C@]21C. The van der Waals surface area contributed by atoms with Crippen molar-refractivity contribution in [2.75, 3.05) is 0 Å². The molecule has 2 spiro atoms. The minimum atomic E-state index is -0.461. The van der Waals surface area contributed by atoms with Gasteiger partial charge in [0.25, 0.3) is 0 Å². The molecular formula is C30H46O4. The van der Waals surface area contributed by atoms with Crippen molar-refractivity contribution in [1.82, 2.24) is 0 Å². The second-order valence-corrected chi connectivity index (χ2v) is 14.5. The van der Waals surface area contributed by atoms with E-state index >= 15 is 0 Å². The molecule has 0 aromatic rings. The fourth-order valence-corrected chi connectivity index (χ4v) is 11.7. The number of aliphatic hydroxyl groups excluding tert-OH is 2. The molecule has 0 amide bonds. The van der Waals surface area contributed by atoms with Crippen molar-refractivity contribution in [2.45, 2.75) is 117 Å². The molecular weight excluding hydrogens is 424 g/mol. The van der Waals surface area contributed by atoms with Crippen LogP contribution in [0.2, 0.25) is 0 Å². The van der Waals surface area contributed by atoms with Crippen LogP contribution in [0.15, 0.2) is 12.2 Å². The second kappa shape index (κ2) is 6.98. The smallest absolute Gasteiger partial charge is 0.152 e. The first-order valence-corrected chi connectivity index (χ1v) is 14.1. The summed E-state index contributed by atoms with van der Waals surface area (Å²) in [7, 11) is 0. The predicted molar refractivity (Wildman–Crippen MR) is 132 cm³/mol. The molecule has 4 heteroatoms. The van der Waals surface area contributed by atoms with Crippen molar-refractivity contribution in [2.24, 2.45) is 50.7 Å². The Balaban J connectivity index is 1.36. The van der Waals surface area contributed by atoms with Gasteiger partial charge in [0.05, 0.1) is 24.4 Å². The number of hydrogen-bond donors (Lipinski definition) is 2. The van der Waals surface area contributed by atoms with Crippen LogP contribution < -0.4 is 0 Å². The zero-order chi connectivity index (χ0) is 24.5. The third kappa shape index (κ3) is 2.54. The van der Waals surface area contributed by atoms with Crippen molar-refractivity contribution in [1.29, 1.82) is 0 Å². The summed E-state index contributed by atoms with van der Waals surface area (Å²) < 4.78 is 6.62. The fraction of sp³-hybridized carbons (Fsp3) is 0.900. The Morgan fingerprint density at radius 3 is 2.35 bits per heavy atom. The van der Waals surface area contributed by atoms with Crippen LogP contribution in [-0.2, 0) is 9.53 Å². The van der Waals surface area contributed by atoms with Crippen LogP contribution in [0.3, 0.4) is 0 Å². The molecule has 0 aromatic heterocycles. The zero-order valence-corrected chi connectivity index (χ0v) is 22.1. The average molecular weight is 471 g/mol. The van der Waals surface area contributed by atoms with Gasteiger partial charge >= 0.3 is 0 Å². The highest BCUT2D eigenvalue weighted by molar-refractivity contribution is 5.87. The summed E-state index contributed by atoms with van der Waals surface area (Å²) in [5.74, 6) is 2.01. The Kier molecular flexibility index (Phi) is 4.86. The van der Waals surface area contributed by atoms with Crippen molar-refractivity contribution >= 4 is 5.78 Å². The van der Waals surface area contributed by atoms with E-state index in [0.29, 0.717) is 34.5 Å². The Morgan fingerprint density at radius 1 is 0.971 bits per heavy atom. The molecule has 5 aliphatic carbocycles. The number of carbonyl (C=O) groups excluding carboxylic acids is 1. The summed E-state index contributed by atoms with van der Waals surface area (Å²) in [4.78, 5) is 11.5. The first kappa shape index (κ1) is 23.7. The van der Waals surface area contributed by atoms with Crippen molar-refractivity contribution in [3.05, 3.63) is 12.2 Å². The molecule has 2 N–H and O–H groups in total. The van der Waals surface area contributed by atoms with Gasteiger partial charge in [-0.05, 0) is 110 Å². The molecule has 0 radical (unpaired) electrons. The standard InChI is InChI=1S/C30H46O4/c1-17-15-19(8-7-18(2)31)34-24-23(17)27(5)13-14-30-16-29(30)12-11-22(32)26(3,4)20(29)9-10-21(30)28(27,6)25(24)33/h7-8,17,19-25,32-33H,9-16H2,1-6H3/b8-7+/t17-,19+,20+,21+,22+,23?,24?,25+,27-,28-,29-,30+/m1/s1. The summed E-state index contributed by atoms with van der Waals surface area (Å²) in [5, 5.41) is 23.0. The summed E-state index contributed by atoms with van der Waals surface area (Å²) in [6.07, 6.45) is 11.8. The number of carbonyl (C=O) groups is 1. The summed E-state index contributed by atoms with van der Waals surface area (Å²) in [6, 6.07) is 0. The second-order valence-electron chi connectivity index (χ2n) is 14.5. The van der Waals surface area contributed by atoms with Gasteiger partial charge in [-0.25, -0.2) is 0 Å². The highest BCUT2D eigenvalue weighted by atomic mass is 16.5. The number of aliphatic hydroxyl groups is 2. The van der Waals surface area contributed by atoms with Gasteiger partial charge in [0, 0.05) is 5.41 Å². The molecule has 4 nitrogen and oxygen atoms in total. The summed E-state index contributed by atoms with van der Waals surface area (Å²) >= 11 is 0. The Labute approximate surface area is 205 Å². The van der Waals surface area contributed by atoms with E-state index in [-0.39, 0.29) is 40.3 Å². The molecule has 12 atom stereocenters. The van der Waals surface area contributed by atoms with Gasteiger partial charge in [0.2, 0.25) is 0 Å². The van der Waals surface area contributed by atoms with Gasteiger partial charge < -0.3 is 14.9 Å². The van der Waals surface area contributed by atoms with Gasteiger partial charge in [-0.3, -0.25) is 4.79 Å². The van der Waals surface area contributed by atoms with Crippen LogP contribution >= 0.6 is 0 Å². The average Bonchev–Trinajstić information content (AvgIpc) is 3.40. The molecule has 6 fully saturated rings. The maximum Gasteiger partial charge on any atom is 0.152 e. The molecule has 190 valence electrons. The number of hydrogen-bond acceptors (Lipinski definition) is 4. The van der Waals surface area contributed by atoms with Gasteiger partial charge in [-0.15, -0.1) is 0 Å². The zero-order valence-electron chi connectivity index (χ0n) is 22.1. The molecule has 0 aromatic carbocycles. The molecule has 6 aliphatic rings. The monoisotopic (exact) mass is 470 g/mol. The fourth-order valence-electron chi connectivity index (χ4n) is 11.7. The van der Waals surface area contributed by atoms with E-state index < -0.39 is 6.10 Å². The molecule has 1 heterocycles. The molecule has 34 heavy (non-hydrogen) atoms. The Hall–Kier alpha value is -0.710. The number of fused-ring (bicyclic) bond motifs is 4. The lowest BCUT2D eigenvalue weighted by Gasteiger charge is -2.63. The normalized spacial score (nSPS) is 59.4. The largest absolute Gasteiger partial charge is 0.393 e. The van der Waals surface area contributed by atoms with Gasteiger partial charge in [0.15, 0.2) is 5.78 Å². The molecule has 6 rings (SSSR count). The molecule has 1 aliphatic heterocycles. The lowest BCUT2D eigenvalue weighted by molar-refractivity contribution is -0.182. The number of rotatable bonds is 2. The van der Waals surface area contributed by atoms with Gasteiger partial charge in [-0.2, -0.15) is 0 Å². The summed E-state index contributed by atoms with van der Waals surface area (Å²) in [5.41, 5.74) is 0.623. The topological polar surface area (TPSA) is 66.8 Å². The highest BCUT2D eigenvalue weighted by Gasteiger charge is 2.84. The van der Waals surface area contributed by atoms with E-state index in [1.54, 1.807) is 13.0 Å². The minimum Gasteiger partial charge on any atom is -0.393 e. The van der Waals surface area contributed by atoms with E-state index in [1.807, 2.05) is 6.08 Å². The summed E-state index contributed by atoms with van der Waals surface area (Å²) in [6.45, 7) is 13.5. The van der Waals surface area contributed by atoms with Crippen LogP contribution in [0.5, 0.6) is 0 Å². The van der Waals surface area contributed by atoms with Crippen LogP contribution in [-0.4, -0.2) is 40.4 Å². The van der Waals surface area contributed by atoms with Crippen LogP contribution in [0, 0.1) is 50.7 Å². The van der Waals surface area contributed by atoms with E-state index in [4.69, 9.17) is 4.74 Å². The highest BCUT2D eigenvalue weighted by Crippen LogP contribution is 2.89. The van der Waals surface area contributed by atoms with Crippen LogP contribution in [0.1, 0.15) is 92.9 Å².